The van der Waals surface area contributed by atoms with Crippen molar-refractivity contribution >= 4 is 46.7 Å². The number of fused-ring (bicyclic) bond motifs is 1. The molecule has 1 unspecified atom stereocenters. The Morgan fingerprint density at radius 2 is 2.10 bits per heavy atom. The molecule has 1 atom stereocenters. The Hall–Kier alpha value is -2.98. The molecule has 3 heterocycles. The summed E-state index contributed by atoms with van der Waals surface area (Å²) in [7, 11) is 0. The summed E-state index contributed by atoms with van der Waals surface area (Å²) in [6, 6.07) is 3.82. The Bertz CT molecular complexity index is 982. The number of hydrogen-bond donors (Lipinski definition) is 3. The number of carbonyl (C=O) groups is 2. The van der Waals surface area contributed by atoms with Gasteiger partial charge in [-0.25, -0.2) is 4.39 Å². The quantitative estimate of drug-likeness (QED) is 0.691. The molecule has 2 aliphatic heterocycles. The molecule has 1 saturated heterocycles. The van der Waals surface area contributed by atoms with Crippen LogP contribution in [0.4, 0.5) is 27.7 Å². The van der Waals surface area contributed by atoms with Crippen molar-refractivity contribution in [2.45, 2.75) is 12.3 Å². The Morgan fingerprint density at radius 1 is 1.34 bits per heavy atom. The number of halogens is 2. The van der Waals surface area contributed by atoms with Crippen LogP contribution in [0.1, 0.15) is 17.9 Å². The van der Waals surface area contributed by atoms with E-state index in [4.69, 9.17) is 22.1 Å². The SMILES string of the molecule is Nc1nc(N2CCOCC2)nc2c1C(C(=O)Nc1ccc(F)c(Cl)c1)CC(=O)N2. The maximum Gasteiger partial charge on any atom is 0.232 e. The molecule has 0 spiro atoms. The van der Waals surface area contributed by atoms with Crippen molar-refractivity contribution in [1.29, 1.82) is 0 Å². The van der Waals surface area contributed by atoms with E-state index >= 15 is 0 Å². The minimum absolute atomic E-state index is 0.113. The highest BCUT2D eigenvalue weighted by Crippen LogP contribution is 2.36. The first kappa shape index (κ1) is 19.3. The van der Waals surface area contributed by atoms with E-state index in [0.717, 1.165) is 6.07 Å². The summed E-state index contributed by atoms with van der Waals surface area (Å²) in [6.07, 6.45) is -0.113. The number of aromatic nitrogens is 2. The Morgan fingerprint density at radius 3 is 2.83 bits per heavy atom. The van der Waals surface area contributed by atoms with Crippen molar-refractivity contribution in [3.8, 4) is 0 Å². The summed E-state index contributed by atoms with van der Waals surface area (Å²) < 4.78 is 18.7. The Kier molecular flexibility index (Phi) is 5.20. The van der Waals surface area contributed by atoms with Gasteiger partial charge in [0.1, 0.15) is 17.5 Å². The molecule has 2 aromatic rings. The molecule has 0 bridgehead atoms. The molecule has 1 aromatic heterocycles. The molecular formula is C18H18ClFN6O3. The topological polar surface area (TPSA) is 122 Å². The van der Waals surface area contributed by atoms with Gasteiger partial charge in [0.15, 0.2) is 0 Å². The van der Waals surface area contributed by atoms with E-state index in [1.807, 2.05) is 4.90 Å². The van der Waals surface area contributed by atoms with Gasteiger partial charge in [0, 0.05) is 25.2 Å². The van der Waals surface area contributed by atoms with Crippen molar-refractivity contribution in [2.24, 2.45) is 0 Å². The van der Waals surface area contributed by atoms with Gasteiger partial charge in [0.2, 0.25) is 17.8 Å². The summed E-state index contributed by atoms with van der Waals surface area (Å²) >= 11 is 5.76. The number of rotatable bonds is 3. The third kappa shape index (κ3) is 3.94. The van der Waals surface area contributed by atoms with E-state index in [0.29, 0.717) is 43.5 Å². The Labute approximate surface area is 170 Å². The lowest BCUT2D eigenvalue weighted by atomic mass is 9.92. The van der Waals surface area contributed by atoms with Crippen LogP contribution in [0.15, 0.2) is 18.2 Å². The molecular weight excluding hydrogens is 403 g/mol. The van der Waals surface area contributed by atoms with Gasteiger partial charge in [-0.05, 0) is 18.2 Å². The fraction of sp³-hybridized carbons (Fsp3) is 0.333. The first-order chi connectivity index (χ1) is 13.9. The van der Waals surface area contributed by atoms with Crippen LogP contribution < -0.4 is 21.3 Å². The second kappa shape index (κ2) is 7.80. The molecule has 9 nitrogen and oxygen atoms in total. The van der Waals surface area contributed by atoms with Crippen LogP contribution in [0.2, 0.25) is 5.02 Å². The first-order valence-electron chi connectivity index (χ1n) is 8.98. The summed E-state index contributed by atoms with van der Waals surface area (Å²) in [5.41, 5.74) is 6.81. The van der Waals surface area contributed by atoms with Crippen LogP contribution in [-0.2, 0) is 14.3 Å². The van der Waals surface area contributed by atoms with E-state index in [9.17, 15) is 14.0 Å². The van der Waals surface area contributed by atoms with Crippen LogP contribution in [-0.4, -0.2) is 48.1 Å². The van der Waals surface area contributed by atoms with Gasteiger partial charge >= 0.3 is 0 Å². The number of nitrogen functional groups attached to an aromatic ring is 1. The number of hydrogen-bond acceptors (Lipinski definition) is 7. The van der Waals surface area contributed by atoms with Gasteiger partial charge in [-0.1, -0.05) is 11.6 Å². The summed E-state index contributed by atoms with van der Waals surface area (Å²) in [5.74, 6) is -1.63. The fourth-order valence-electron chi connectivity index (χ4n) is 3.32. The minimum Gasteiger partial charge on any atom is -0.383 e. The number of nitrogens with two attached hydrogens (primary N) is 1. The second-order valence-corrected chi connectivity index (χ2v) is 7.10. The molecule has 29 heavy (non-hydrogen) atoms. The predicted molar refractivity (Wildman–Crippen MR) is 106 cm³/mol. The number of benzene rings is 1. The van der Waals surface area contributed by atoms with Crippen molar-refractivity contribution in [3.63, 3.8) is 0 Å². The van der Waals surface area contributed by atoms with Gasteiger partial charge in [-0.15, -0.1) is 0 Å². The number of nitrogens with zero attached hydrogens (tertiary/aromatic N) is 3. The van der Waals surface area contributed by atoms with Crippen LogP contribution in [0, 0.1) is 5.82 Å². The van der Waals surface area contributed by atoms with E-state index in [2.05, 4.69) is 20.6 Å². The van der Waals surface area contributed by atoms with Crippen LogP contribution in [0.5, 0.6) is 0 Å². The number of nitrogens with one attached hydrogen (secondary N) is 2. The van der Waals surface area contributed by atoms with Crippen LogP contribution in [0.25, 0.3) is 0 Å². The zero-order valence-corrected chi connectivity index (χ0v) is 16.0. The molecule has 0 saturated carbocycles. The van der Waals surface area contributed by atoms with Crippen molar-refractivity contribution in [3.05, 3.63) is 34.6 Å². The highest BCUT2D eigenvalue weighted by Gasteiger charge is 2.35. The van der Waals surface area contributed by atoms with Crippen LogP contribution in [0.3, 0.4) is 0 Å². The third-order valence-electron chi connectivity index (χ3n) is 4.76. The highest BCUT2D eigenvalue weighted by atomic mass is 35.5. The van der Waals surface area contributed by atoms with Gasteiger partial charge in [-0.2, -0.15) is 9.97 Å². The molecule has 0 aliphatic carbocycles. The molecule has 4 rings (SSSR count). The zero-order chi connectivity index (χ0) is 20.5. The van der Waals surface area contributed by atoms with E-state index < -0.39 is 17.6 Å². The summed E-state index contributed by atoms with van der Waals surface area (Å²) in [5, 5.41) is 5.18. The molecule has 2 aliphatic rings. The van der Waals surface area contributed by atoms with Crippen molar-refractivity contribution in [2.75, 3.05) is 47.6 Å². The molecule has 11 heteroatoms. The monoisotopic (exact) mass is 420 g/mol. The summed E-state index contributed by atoms with van der Waals surface area (Å²) in [6.45, 7) is 2.28. The lowest BCUT2D eigenvalue weighted by Crippen LogP contribution is -2.38. The van der Waals surface area contributed by atoms with Gasteiger partial charge in [-0.3, -0.25) is 9.59 Å². The average molecular weight is 421 g/mol. The fourth-order valence-corrected chi connectivity index (χ4v) is 3.50. The third-order valence-corrected chi connectivity index (χ3v) is 5.05. The van der Waals surface area contributed by atoms with Gasteiger partial charge < -0.3 is 26.0 Å². The van der Waals surface area contributed by atoms with Gasteiger partial charge in [0.25, 0.3) is 0 Å². The number of morpholine rings is 1. The van der Waals surface area contributed by atoms with E-state index in [1.165, 1.54) is 12.1 Å². The lowest BCUT2D eigenvalue weighted by Gasteiger charge is -2.30. The second-order valence-electron chi connectivity index (χ2n) is 6.69. The molecule has 1 fully saturated rings. The maximum absolute atomic E-state index is 13.3. The highest BCUT2D eigenvalue weighted by molar-refractivity contribution is 6.31. The van der Waals surface area contributed by atoms with Gasteiger partial charge in [0.05, 0.1) is 29.7 Å². The molecule has 152 valence electrons. The first-order valence-corrected chi connectivity index (χ1v) is 9.36. The lowest BCUT2D eigenvalue weighted by molar-refractivity contribution is -0.123. The van der Waals surface area contributed by atoms with Crippen LogP contribution >= 0.6 is 11.6 Å². The standard InChI is InChI=1S/C18H18ClFN6O3/c19-11-7-9(1-2-12(11)20)22-17(28)10-8-13(27)23-16-14(10)15(21)24-18(25-16)26-3-5-29-6-4-26/h1-2,7,10H,3-6,8H2,(H,22,28)(H3,21,23,24,25,27). The van der Waals surface area contributed by atoms with E-state index in [-0.39, 0.29) is 29.0 Å². The smallest absolute Gasteiger partial charge is 0.232 e. The maximum atomic E-state index is 13.3. The largest absolute Gasteiger partial charge is 0.383 e. The normalized spacial score (nSPS) is 18.8. The number of carbonyl (C=O) groups excluding carboxylic acids is 2. The number of amides is 2. The molecule has 4 N–H and O–H groups in total. The summed E-state index contributed by atoms with van der Waals surface area (Å²) in [4.78, 5) is 35.7. The minimum atomic E-state index is -0.888. The average Bonchev–Trinajstić information content (AvgIpc) is 2.70. The Balaban J connectivity index is 1.63. The number of ether oxygens (including phenoxy) is 1. The molecule has 1 aromatic carbocycles. The molecule has 0 radical (unpaired) electrons. The number of anilines is 4. The van der Waals surface area contributed by atoms with E-state index in [1.54, 1.807) is 0 Å². The molecule has 2 amide bonds. The van der Waals surface area contributed by atoms with Crippen molar-refractivity contribution < 1.29 is 18.7 Å². The van der Waals surface area contributed by atoms with Crippen molar-refractivity contribution in [1.82, 2.24) is 9.97 Å². The predicted octanol–water partition coefficient (Wildman–Crippen LogP) is 1.75. The zero-order valence-electron chi connectivity index (χ0n) is 15.2.